The molecule has 0 bridgehead atoms. The standard InChI is InChI=1S/C14H16BrN3O/c1-19-10-2-3-13-11(8-10)14(12(15)9-17-13)18-6-4-16-5-7-18/h2-3,8-9,16H,4-7H2,1H3. The minimum atomic E-state index is 0.865. The Morgan fingerprint density at radius 1 is 1.32 bits per heavy atom. The molecule has 0 aliphatic carbocycles. The largest absolute Gasteiger partial charge is 0.497 e. The summed E-state index contributed by atoms with van der Waals surface area (Å²) in [5.41, 5.74) is 2.21. The van der Waals surface area contributed by atoms with Gasteiger partial charge in [-0.05, 0) is 34.1 Å². The first-order chi connectivity index (χ1) is 9.29. The molecule has 2 aromatic rings. The Kier molecular flexibility index (Phi) is 3.57. The molecule has 1 N–H and O–H groups in total. The van der Waals surface area contributed by atoms with Crippen molar-refractivity contribution in [3.05, 3.63) is 28.9 Å². The smallest absolute Gasteiger partial charge is 0.119 e. The zero-order valence-corrected chi connectivity index (χ0v) is 12.4. The Morgan fingerprint density at radius 3 is 2.84 bits per heavy atom. The molecule has 5 heteroatoms. The van der Waals surface area contributed by atoms with Crippen LogP contribution in [0.25, 0.3) is 10.9 Å². The maximum absolute atomic E-state index is 5.33. The van der Waals surface area contributed by atoms with E-state index in [2.05, 4.69) is 37.2 Å². The van der Waals surface area contributed by atoms with Gasteiger partial charge in [0.15, 0.2) is 0 Å². The Morgan fingerprint density at radius 2 is 2.11 bits per heavy atom. The predicted octanol–water partition coefficient (Wildman–Crippen LogP) is 2.42. The minimum absolute atomic E-state index is 0.865. The highest BCUT2D eigenvalue weighted by molar-refractivity contribution is 9.10. The molecule has 0 amide bonds. The molecule has 0 saturated carbocycles. The molecule has 19 heavy (non-hydrogen) atoms. The number of methoxy groups -OCH3 is 1. The highest BCUT2D eigenvalue weighted by atomic mass is 79.9. The van der Waals surface area contributed by atoms with Gasteiger partial charge in [-0.2, -0.15) is 0 Å². The molecular weight excluding hydrogens is 306 g/mol. The number of benzene rings is 1. The van der Waals surface area contributed by atoms with Crippen LogP contribution < -0.4 is 15.0 Å². The van der Waals surface area contributed by atoms with Crippen molar-refractivity contribution in [2.24, 2.45) is 0 Å². The van der Waals surface area contributed by atoms with Gasteiger partial charge in [0.2, 0.25) is 0 Å². The number of ether oxygens (including phenoxy) is 1. The number of piperazine rings is 1. The fraction of sp³-hybridized carbons (Fsp3) is 0.357. The van der Waals surface area contributed by atoms with Gasteiger partial charge < -0.3 is 15.0 Å². The van der Waals surface area contributed by atoms with Gasteiger partial charge in [-0.3, -0.25) is 4.98 Å². The molecule has 1 aromatic carbocycles. The maximum Gasteiger partial charge on any atom is 0.119 e. The molecule has 1 aliphatic heterocycles. The van der Waals surface area contributed by atoms with Crippen LogP contribution >= 0.6 is 15.9 Å². The molecule has 4 nitrogen and oxygen atoms in total. The third-order valence-corrected chi connectivity index (χ3v) is 4.02. The van der Waals surface area contributed by atoms with Crippen LogP contribution in [-0.2, 0) is 0 Å². The van der Waals surface area contributed by atoms with E-state index in [1.807, 2.05) is 18.3 Å². The van der Waals surface area contributed by atoms with Crippen LogP contribution in [0.3, 0.4) is 0 Å². The van der Waals surface area contributed by atoms with Crippen LogP contribution in [0.4, 0.5) is 5.69 Å². The van der Waals surface area contributed by atoms with Crippen molar-refractivity contribution in [1.29, 1.82) is 0 Å². The predicted molar refractivity (Wildman–Crippen MR) is 81.1 cm³/mol. The van der Waals surface area contributed by atoms with E-state index in [1.54, 1.807) is 7.11 Å². The summed E-state index contributed by atoms with van der Waals surface area (Å²) in [5, 5.41) is 4.51. The second kappa shape index (κ2) is 5.35. The minimum Gasteiger partial charge on any atom is -0.497 e. The number of rotatable bonds is 2. The van der Waals surface area contributed by atoms with Crippen molar-refractivity contribution in [3.63, 3.8) is 0 Å². The Bertz CT molecular complexity index is 597. The number of pyridine rings is 1. The van der Waals surface area contributed by atoms with Gasteiger partial charge in [0.1, 0.15) is 5.75 Å². The van der Waals surface area contributed by atoms with Crippen LogP contribution in [0.15, 0.2) is 28.9 Å². The Hall–Kier alpha value is -1.33. The van der Waals surface area contributed by atoms with E-state index in [0.29, 0.717) is 0 Å². The van der Waals surface area contributed by atoms with Crippen molar-refractivity contribution < 1.29 is 4.74 Å². The molecule has 1 aromatic heterocycles. The molecule has 3 rings (SSSR count). The Balaban J connectivity index is 2.16. The number of hydrogen-bond acceptors (Lipinski definition) is 4. The van der Waals surface area contributed by atoms with E-state index in [1.165, 1.54) is 5.69 Å². The average molecular weight is 322 g/mol. The van der Waals surface area contributed by atoms with Crippen LogP contribution in [0, 0.1) is 0 Å². The number of aromatic nitrogens is 1. The first-order valence-corrected chi connectivity index (χ1v) is 7.17. The molecular formula is C14H16BrN3O. The second-order valence-corrected chi connectivity index (χ2v) is 5.43. The lowest BCUT2D eigenvalue weighted by molar-refractivity contribution is 0.415. The molecule has 0 spiro atoms. The molecule has 2 heterocycles. The van der Waals surface area contributed by atoms with Gasteiger partial charge in [-0.1, -0.05) is 0 Å². The van der Waals surface area contributed by atoms with Gasteiger partial charge in [0.05, 0.1) is 22.8 Å². The van der Waals surface area contributed by atoms with E-state index in [-0.39, 0.29) is 0 Å². The molecule has 1 saturated heterocycles. The van der Waals surface area contributed by atoms with Gasteiger partial charge >= 0.3 is 0 Å². The number of anilines is 1. The van der Waals surface area contributed by atoms with E-state index >= 15 is 0 Å². The normalized spacial score (nSPS) is 15.8. The summed E-state index contributed by atoms with van der Waals surface area (Å²) in [6.07, 6.45) is 1.88. The van der Waals surface area contributed by atoms with E-state index in [9.17, 15) is 0 Å². The summed E-state index contributed by atoms with van der Waals surface area (Å²) < 4.78 is 6.37. The lowest BCUT2D eigenvalue weighted by Gasteiger charge is -2.31. The van der Waals surface area contributed by atoms with Crippen molar-refractivity contribution in [1.82, 2.24) is 10.3 Å². The molecule has 1 aliphatic rings. The highest BCUT2D eigenvalue weighted by Crippen LogP contribution is 2.35. The van der Waals surface area contributed by atoms with Gasteiger partial charge in [0.25, 0.3) is 0 Å². The van der Waals surface area contributed by atoms with E-state index in [0.717, 1.165) is 47.3 Å². The highest BCUT2D eigenvalue weighted by Gasteiger charge is 2.17. The van der Waals surface area contributed by atoms with Crippen LogP contribution in [0.1, 0.15) is 0 Å². The molecule has 0 atom stereocenters. The summed E-state index contributed by atoms with van der Waals surface area (Å²) in [5.74, 6) is 0.865. The average Bonchev–Trinajstić information content (AvgIpc) is 2.47. The van der Waals surface area contributed by atoms with Crippen molar-refractivity contribution in [2.75, 3.05) is 38.2 Å². The third-order valence-electron chi connectivity index (χ3n) is 3.44. The lowest BCUT2D eigenvalue weighted by Crippen LogP contribution is -2.43. The first-order valence-electron chi connectivity index (χ1n) is 6.37. The van der Waals surface area contributed by atoms with Gasteiger partial charge in [-0.15, -0.1) is 0 Å². The van der Waals surface area contributed by atoms with Crippen molar-refractivity contribution in [2.45, 2.75) is 0 Å². The zero-order valence-electron chi connectivity index (χ0n) is 10.8. The quantitative estimate of drug-likeness (QED) is 0.921. The summed E-state index contributed by atoms with van der Waals surface area (Å²) in [6.45, 7) is 4.05. The molecule has 100 valence electrons. The van der Waals surface area contributed by atoms with Gasteiger partial charge in [0, 0.05) is 37.8 Å². The van der Waals surface area contributed by atoms with E-state index in [4.69, 9.17) is 4.74 Å². The van der Waals surface area contributed by atoms with Crippen molar-refractivity contribution in [3.8, 4) is 5.75 Å². The number of nitrogens with zero attached hydrogens (tertiary/aromatic N) is 2. The molecule has 0 radical (unpaired) electrons. The number of halogens is 1. The number of hydrogen-bond donors (Lipinski definition) is 1. The van der Waals surface area contributed by atoms with Crippen LogP contribution in [0.5, 0.6) is 5.75 Å². The Labute approximate surface area is 120 Å². The fourth-order valence-electron chi connectivity index (χ4n) is 2.47. The van der Waals surface area contributed by atoms with Crippen LogP contribution in [-0.4, -0.2) is 38.3 Å². The van der Waals surface area contributed by atoms with Crippen molar-refractivity contribution >= 4 is 32.5 Å². The fourth-order valence-corrected chi connectivity index (χ4v) is 3.04. The second-order valence-electron chi connectivity index (χ2n) is 4.57. The van der Waals surface area contributed by atoms with Gasteiger partial charge in [-0.25, -0.2) is 0 Å². The SMILES string of the molecule is COc1ccc2ncc(Br)c(N3CCNCC3)c2c1. The maximum atomic E-state index is 5.33. The van der Waals surface area contributed by atoms with E-state index < -0.39 is 0 Å². The summed E-state index contributed by atoms with van der Waals surface area (Å²) >= 11 is 3.63. The third kappa shape index (κ3) is 2.40. The number of nitrogens with one attached hydrogen (secondary N) is 1. The summed E-state index contributed by atoms with van der Waals surface area (Å²) in [4.78, 5) is 6.86. The summed E-state index contributed by atoms with van der Waals surface area (Å²) in [6, 6.07) is 6.02. The monoisotopic (exact) mass is 321 g/mol. The number of fused-ring (bicyclic) bond motifs is 1. The molecule has 1 fully saturated rings. The first kappa shape index (κ1) is 12.7. The lowest BCUT2D eigenvalue weighted by atomic mass is 10.1. The van der Waals surface area contributed by atoms with Crippen LogP contribution in [0.2, 0.25) is 0 Å². The zero-order chi connectivity index (χ0) is 13.2. The molecule has 0 unspecified atom stereocenters. The summed E-state index contributed by atoms with van der Waals surface area (Å²) in [7, 11) is 1.69. The topological polar surface area (TPSA) is 37.4 Å².